The van der Waals surface area contributed by atoms with Gasteiger partial charge in [-0.2, -0.15) is 0 Å². The zero-order valence-electron chi connectivity index (χ0n) is 13.6. The fourth-order valence-corrected chi connectivity index (χ4v) is 2.63. The van der Waals surface area contributed by atoms with Crippen molar-refractivity contribution in [3.8, 4) is 0 Å². The molecule has 1 heterocycles. The zero-order valence-corrected chi connectivity index (χ0v) is 13.6. The van der Waals surface area contributed by atoms with E-state index < -0.39 is 0 Å². The van der Waals surface area contributed by atoms with E-state index in [0.717, 1.165) is 25.6 Å². The largest absolute Gasteiger partial charge is 0.357 e. The number of rotatable bonds is 5. The second-order valence-electron chi connectivity index (χ2n) is 5.86. The molecular formula is C17H28N4. The number of hydrogen-bond acceptors (Lipinski definition) is 2. The molecule has 1 N–H and O–H groups in total. The Hall–Kier alpha value is -1.55. The Balaban J connectivity index is 1.90. The summed E-state index contributed by atoms with van der Waals surface area (Å²) in [6, 6.07) is 8.89. The van der Waals surface area contributed by atoms with Crippen LogP contribution in [0.3, 0.4) is 0 Å². The summed E-state index contributed by atoms with van der Waals surface area (Å²) in [5.41, 5.74) is 2.67. The maximum atomic E-state index is 4.64. The van der Waals surface area contributed by atoms with Crippen LogP contribution in [0.25, 0.3) is 0 Å². The maximum absolute atomic E-state index is 4.64. The second kappa shape index (κ2) is 8.03. The van der Waals surface area contributed by atoms with E-state index in [9.17, 15) is 0 Å². The molecule has 0 saturated carbocycles. The van der Waals surface area contributed by atoms with Gasteiger partial charge < -0.3 is 10.2 Å². The number of guanidine groups is 1. The molecule has 4 heteroatoms. The number of nitrogens with one attached hydrogen (secondary N) is 1. The summed E-state index contributed by atoms with van der Waals surface area (Å²) in [7, 11) is 4.03. The van der Waals surface area contributed by atoms with E-state index in [1.54, 1.807) is 0 Å². The summed E-state index contributed by atoms with van der Waals surface area (Å²) >= 11 is 0. The lowest BCUT2D eigenvalue weighted by molar-refractivity contribution is 0.331. The average Bonchev–Trinajstić information content (AvgIpc) is 2.97. The molecule has 0 atom stereocenters. The highest BCUT2D eigenvalue weighted by Crippen LogP contribution is 2.13. The summed E-state index contributed by atoms with van der Waals surface area (Å²) in [6.07, 6.45) is 2.70. The monoisotopic (exact) mass is 288 g/mol. The van der Waals surface area contributed by atoms with Gasteiger partial charge in [-0.15, -0.1) is 0 Å². The van der Waals surface area contributed by atoms with Gasteiger partial charge in [0, 0.05) is 27.2 Å². The van der Waals surface area contributed by atoms with Crippen LogP contribution in [0.15, 0.2) is 29.3 Å². The molecule has 116 valence electrons. The fourth-order valence-electron chi connectivity index (χ4n) is 2.63. The molecule has 21 heavy (non-hydrogen) atoms. The smallest absolute Gasteiger partial charge is 0.193 e. The third-order valence-electron chi connectivity index (χ3n) is 3.80. The number of likely N-dealkylation sites (tertiary alicyclic amines) is 1. The fraction of sp³-hybridized carbons (Fsp3) is 0.588. The molecule has 0 amide bonds. The molecule has 1 aliphatic rings. The van der Waals surface area contributed by atoms with Crippen molar-refractivity contribution in [1.82, 2.24) is 15.1 Å². The molecule has 1 saturated heterocycles. The van der Waals surface area contributed by atoms with Crippen molar-refractivity contribution >= 4 is 5.96 Å². The van der Waals surface area contributed by atoms with Crippen molar-refractivity contribution in [3.63, 3.8) is 0 Å². The van der Waals surface area contributed by atoms with Gasteiger partial charge in [-0.05, 0) is 44.0 Å². The van der Waals surface area contributed by atoms with Gasteiger partial charge >= 0.3 is 0 Å². The third-order valence-corrected chi connectivity index (χ3v) is 3.80. The molecule has 0 radical (unpaired) electrons. The van der Waals surface area contributed by atoms with Gasteiger partial charge in [0.2, 0.25) is 0 Å². The molecule has 2 rings (SSSR count). The number of aliphatic imine (C=N–C) groups is 1. The van der Waals surface area contributed by atoms with Crippen molar-refractivity contribution in [3.05, 3.63) is 35.4 Å². The first-order chi connectivity index (χ1) is 10.2. The topological polar surface area (TPSA) is 30.9 Å². The van der Waals surface area contributed by atoms with Crippen LogP contribution in [-0.2, 0) is 13.1 Å². The van der Waals surface area contributed by atoms with Gasteiger partial charge in [-0.1, -0.05) is 24.3 Å². The molecule has 0 aliphatic carbocycles. The Kier molecular flexibility index (Phi) is 6.05. The Labute approximate surface area is 128 Å². The Morgan fingerprint density at radius 1 is 1.14 bits per heavy atom. The lowest BCUT2D eigenvalue weighted by atomic mass is 10.1. The summed E-state index contributed by atoms with van der Waals surface area (Å²) in [6.45, 7) is 7.30. The van der Waals surface area contributed by atoms with Crippen LogP contribution in [0.4, 0.5) is 0 Å². The van der Waals surface area contributed by atoms with Crippen molar-refractivity contribution in [2.24, 2.45) is 4.99 Å². The molecule has 1 aromatic rings. The Bertz CT molecular complexity index is 444. The Morgan fingerprint density at radius 3 is 2.33 bits per heavy atom. The van der Waals surface area contributed by atoms with Crippen LogP contribution >= 0.6 is 0 Å². The first kappa shape index (κ1) is 15.8. The maximum Gasteiger partial charge on any atom is 0.193 e. The summed E-state index contributed by atoms with van der Waals surface area (Å²) in [5.74, 6) is 0.943. The van der Waals surface area contributed by atoms with E-state index >= 15 is 0 Å². The predicted molar refractivity (Wildman–Crippen MR) is 89.5 cm³/mol. The lowest BCUT2D eigenvalue weighted by Gasteiger charge is -2.16. The van der Waals surface area contributed by atoms with Crippen LogP contribution in [-0.4, -0.2) is 49.5 Å². The van der Waals surface area contributed by atoms with E-state index in [-0.39, 0.29) is 0 Å². The SMILES string of the molecule is CCNC(=NCc1ccc(CN2CCCC2)cc1)N(C)C. The number of hydrogen-bond donors (Lipinski definition) is 1. The molecule has 1 aliphatic heterocycles. The van der Waals surface area contributed by atoms with Gasteiger partial charge in [0.15, 0.2) is 5.96 Å². The normalized spacial score (nSPS) is 16.2. The minimum Gasteiger partial charge on any atom is -0.357 e. The molecule has 0 aromatic heterocycles. The van der Waals surface area contributed by atoms with Crippen LogP contribution in [0.1, 0.15) is 30.9 Å². The molecule has 0 bridgehead atoms. The molecule has 1 aromatic carbocycles. The zero-order chi connectivity index (χ0) is 15.1. The van der Waals surface area contributed by atoms with Crippen molar-refractivity contribution in [1.29, 1.82) is 0 Å². The van der Waals surface area contributed by atoms with Crippen LogP contribution in [0, 0.1) is 0 Å². The Morgan fingerprint density at radius 2 is 1.76 bits per heavy atom. The van der Waals surface area contributed by atoms with Crippen LogP contribution < -0.4 is 5.32 Å². The predicted octanol–water partition coefficient (Wildman–Crippen LogP) is 2.31. The number of benzene rings is 1. The van der Waals surface area contributed by atoms with Crippen molar-refractivity contribution in [2.75, 3.05) is 33.7 Å². The van der Waals surface area contributed by atoms with E-state index in [0.29, 0.717) is 0 Å². The van der Waals surface area contributed by atoms with Crippen LogP contribution in [0.2, 0.25) is 0 Å². The third kappa shape index (κ3) is 5.05. The average molecular weight is 288 g/mol. The van der Waals surface area contributed by atoms with Gasteiger partial charge in [0.05, 0.1) is 6.54 Å². The van der Waals surface area contributed by atoms with Gasteiger partial charge in [0.25, 0.3) is 0 Å². The van der Waals surface area contributed by atoms with Gasteiger partial charge in [-0.25, -0.2) is 4.99 Å². The van der Waals surface area contributed by atoms with E-state index in [1.807, 2.05) is 19.0 Å². The van der Waals surface area contributed by atoms with Gasteiger partial charge in [0.1, 0.15) is 0 Å². The van der Waals surface area contributed by atoms with E-state index in [4.69, 9.17) is 0 Å². The molecule has 1 fully saturated rings. The highest BCUT2D eigenvalue weighted by Gasteiger charge is 2.11. The van der Waals surface area contributed by atoms with Crippen molar-refractivity contribution < 1.29 is 0 Å². The van der Waals surface area contributed by atoms with E-state index in [1.165, 1.54) is 37.1 Å². The standard InChI is InChI=1S/C17H28N4/c1-4-18-17(20(2)3)19-13-15-7-9-16(10-8-15)14-21-11-5-6-12-21/h7-10H,4-6,11-14H2,1-3H3,(H,18,19). The van der Waals surface area contributed by atoms with Gasteiger partial charge in [-0.3, -0.25) is 4.90 Å². The highest BCUT2D eigenvalue weighted by molar-refractivity contribution is 5.79. The summed E-state index contributed by atoms with van der Waals surface area (Å²) in [4.78, 5) is 9.19. The molecule has 0 unspecified atom stereocenters. The molecule has 4 nitrogen and oxygen atoms in total. The first-order valence-electron chi connectivity index (χ1n) is 7.95. The molecular weight excluding hydrogens is 260 g/mol. The minimum absolute atomic E-state index is 0.727. The second-order valence-corrected chi connectivity index (χ2v) is 5.86. The highest BCUT2D eigenvalue weighted by atomic mass is 15.3. The lowest BCUT2D eigenvalue weighted by Crippen LogP contribution is -2.36. The minimum atomic E-state index is 0.727. The van der Waals surface area contributed by atoms with E-state index in [2.05, 4.69) is 46.4 Å². The first-order valence-corrected chi connectivity index (χ1v) is 7.95. The quantitative estimate of drug-likeness (QED) is 0.666. The summed E-state index contributed by atoms with van der Waals surface area (Å²) in [5, 5.41) is 3.28. The van der Waals surface area contributed by atoms with Crippen LogP contribution in [0.5, 0.6) is 0 Å². The molecule has 0 spiro atoms. The number of nitrogens with zero attached hydrogens (tertiary/aromatic N) is 3. The summed E-state index contributed by atoms with van der Waals surface area (Å²) < 4.78 is 0. The van der Waals surface area contributed by atoms with Crippen molar-refractivity contribution in [2.45, 2.75) is 32.9 Å².